The van der Waals surface area contributed by atoms with E-state index in [2.05, 4.69) is 31.4 Å². The molecule has 0 aliphatic rings. The normalized spacial score (nSPS) is 12.3. The van der Waals surface area contributed by atoms with Gasteiger partial charge in [0.1, 0.15) is 5.82 Å². The molecule has 0 radical (unpaired) electrons. The Balaban J connectivity index is 2.08. The highest BCUT2D eigenvalue weighted by atomic mass is 79.9. The molecular formula is C14H11BrF3N3. The maximum Gasteiger partial charge on any atom is 0.417 e. The molecule has 1 heterocycles. The van der Waals surface area contributed by atoms with E-state index < -0.39 is 11.7 Å². The second kappa shape index (κ2) is 6.26. The fourth-order valence-corrected chi connectivity index (χ4v) is 1.79. The first-order valence-corrected chi connectivity index (χ1v) is 6.75. The molecule has 0 bridgehead atoms. The number of hydrogen-bond acceptors (Lipinski definition) is 3. The van der Waals surface area contributed by atoms with Crippen molar-refractivity contribution in [2.24, 2.45) is 5.10 Å². The maximum absolute atomic E-state index is 12.4. The predicted octanol–water partition coefficient (Wildman–Crippen LogP) is 4.70. The van der Waals surface area contributed by atoms with E-state index >= 15 is 0 Å². The average molecular weight is 358 g/mol. The van der Waals surface area contributed by atoms with Gasteiger partial charge in [-0.15, -0.1) is 0 Å². The molecule has 0 saturated carbocycles. The number of nitrogens with one attached hydrogen (secondary N) is 1. The van der Waals surface area contributed by atoms with E-state index in [1.54, 1.807) is 6.92 Å². The summed E-state index contributed by atoms with van der Waals surface area (Å²) < 4.78 is 38.1. The van der Waals surface area contributed by atoms with Crippen molar-refractivity contribution >= 4 is 27.5 Å². The lowest BCUT2D eigenvalue weighted by molar-refractivity contribution is -0.137. The summed E-state index contributed by atoms with van der Waals surface area (Å²) in [4.78, 5) is 3.68. The van der Waals surface area contributed by atoms with Crippen LogP contribution in [0.15, 0.2) is 52.2 Å². The second-order valence-corrected chi connectivity index (χ2v) is 5.16. The van der Waals surface area contributed by atoms with E-state index in [1.165, 1.54) is 6.07 Å². The summed E-state index contributed by atoms with van der Waals surface area (Å²) in [7, 11) is 0. The molecule has 110 valence electrons. The lowest BCUT2D eigenvalue weighted by Crippen LogP contribution is -2.06. The van der Waals surface area contributed by atoms with E-state index in [0.29, 0.717) is 5.71 Å². The third-order valence-electron chi connectivity index (χ3n) is 2.69. The van der Waals surface area contributed by atoms with E-state index in [1.807, 2.05) is 24.3 Å². The largest absolute Gasteiger partial charge is 0.417 e. The molecule has 0 amide bonds. The van der Waals surface area contributed by atoms with E-state index in [-0.39, 0.29) is 5.82 Å². The van der Waals surface area contributed by atoms with Crippen molar-refractivity contribution in [2.75, 3.05) is 5.43 Å². The van der Waals surface area contributed by atoms with Gasteiger partial charge >= 0.3 is 6.18 Å². The van der Waals surface area contributed by atoms with Crippen LogP contribution in [0.1, 0.15) is 18.1 Å². The minimum atomic E-state index is -4.39. The van der Waals surface area contributed by atoms with E-state index in [4.69, 9.17) is 0 Å². The van der Waals surface area contributed by atoms with Crippen LogP contribution >= 0.6 is 15.9 Å². The third kappa shape index (κ3) is 4.29. The molecule has 0 spiro atoms. The van der Waals surface area contributed by atoms with Gasteiger partial charge in [0.15, 0.2) is 0 Å². The van der Waals surface area contributed by atoms with Gasteiger partial charge in [0.2, 0.25) is 0 Å². The molecule has 2 aromatic rings. The SMILES string of the molecule is CC(=NNc1ccc(C(F)(F)F)cn1)c1ccc(Br)cc1. The van der Waals surface area contributed by atoms with Gasteiger partial charge in [0.05, 0.1) is 11.3 Å². The van der Waals surface area contributed by atoms with Crippen LogP contribution in [-0.4, -0.2) is 10.7 Å². The van der Waals surface area contributed by atoms with Crippen molar-refractivity contribution < 1.29 is 13.2 Å². The van der Waals surface area contributed by atoms with Crippen LogP contribution in [0.4, 0.5) is 19.0 Å². The minimum Gasteiger partial charge on any atom is -0.261 e. The molecule has 1 aromatic heterocycles. The molecule has 0 aliphatic heterocycles. The van der Waals surface area contributed by atoms with Crippen LogP contribution in [0.5, 0.6) is 0 Å². The Morgan fingerprint density at radius 3 is 2.33 bits per heavy atom. The topological polar surface area (TPSA) is 37.3 Å². The van der Waals surface area contributed by atoms with Crippen LogP contribution in [0.2, 0.25) is 0 Å². The first-order chi connectivity index (χ1) is 9.86. The van der Waals surface area contributed by atoms with Gasteiger partial charge in [0.25, 0.3) is 0 Å². The highest BCUT2D eigenvalue weighted by molar-refractivity contribution is 9.10. The molecule has 0 unspecified atom stereocenters. The van der Waals surface area contributed by atoms with Gasteiger partial charge in [-0.05, 0) is 36.8 Å². The summed E-state index contributed by atoms with van der Waals surface area (Å²) in [5.74, 6) is 0.250. The highest BCUT2D eigenvalue weighted by Crippen LogP contribution is 2.28. The zero-order valence-electron chi connectivity index (χ0n) is 10.9. The van der Waals surface area contributed by atoms with Crippen molar-refractivity contribution in [3.63, 3.8) is 0 Å². The maximum atomic E-state index is 12.4. The Hall–Kier alpha value is -1.89. The number of hydrazone groups is 1. The van der Waals surface area contributed by atoms with Crippen molar-refractivity contribution in [1.29, 1.82) is 0 Å². The minimum absolute atomic E-state index is 0.250. The molecule has 3 nitrogen and oxygen atoms in total. The first-order valence-electron chi connectivity index (χ1n) is 5.96. The fourth-order valence-electron chi connectivity index (χ4n) is 1.52. The number of anilines is 1. The van der Waals surface area contributed by atoms with Crippen LogP contribution in [0.3, 0.4) is 0 Å². The number of hydrogen-bond donors (Lipinski definition) is 1. The average Bonchev–Trinajstić information content (AvgIpc) is 2.45. The Morgan fingerprint density at radius 2 is 1.81 bits per heavy atom. The van der Waals surface area contributed by atoms with E-state index in [0.717, 1.165) is 22.3 Å². The van der Waals surface area contributed by atoms with Crippen molar-refractivity contribution in [1.82, 2.24) is 4.98 Å². The number of rotatable bonds is 3. The standard InChI is InChI=1S/C14H11BrF3N3/c1-9(10-2-5-12(15)6-3-10)20-21-13-7-4-11(8-19-13)14(16,17)18/h2-8H,1H3,(H,19,21). The predicted molar refractivity (Wildman–Crippen MR) is 79.2 cm³/mol. The molecule has 0 atom stereocenters. The fraction of sp³-hybridized carbons (Fsp3) is 0.143. The van der Waals surface area contributed by atoms with Crippen LogP contribution in [-0.2, 0) is 6.18 Å². The van der Waals surface area contributed by atoms with Gasteiger partial charge in [0, 0.05) is 10.7 Å². The Kier molecular flexibility index (Phi) is 4.62. The van der Waals surface area contributed by atoms with Gasteiger partial charge < -0.3 is 0 Å². The number of halogens is 4. The molecule has 0 saturated heterocycles. The summed E-state index contributed by atoms with van der Waals surface area (Å²) in [6.07, 6.45) is -3.62. The first kappa shape index (κ1) is 15.5. The molecule has 7 heteroatoms. The third-order valence-corrected chi connectivity index (χ3v) is 3.22. The molecule has 0 fully saturated rings. The van der Waals surface area contributed by atoms with Crippen molar-refractivity contribution in [3.8, 4) is 0 Å². The lowest BCUT2D eigenvalue weighted by Gasteiger charge is -2.07. The van der Waals surface area contributed by atoms with Crippen molar-refractivity contribution in [3.05, 3.63) is 58.2 Å². The Bertz CT molecular complexity index is 634. The zero-order valence-corrected chi connectivity index (χ0v) is 12.5. The van der Waals surface area contributed by atoms with E-state index in [9.17, 15) is 13.2 Å². The number of alkyl halides is 3. The van der Waals surface area contributed by atoms with Crippen LogP contribution < -0.4 is 5.43 Å². The van der Waals surface area contributed by atoms with Gasteiger partial charge in [-0.1, -0.05) is 28.1 Å². The second-order valence-electron chi connectivity index (χ2n) is 4.25. The summed E-state index contributed by atoms with van der Waals surface area (Å²) >= 11 is 3.34. The van der Waals surface area contributed by atoms with Gasteiger partial charge in [-0.2, -0.15) is 18.3 Å². The summed E-state index contributed by atoms with van der Waals surface area (Å²) in [6, 6.07) is 9.71. The quantitative estimate of drug-likeness (QED) is 0.638. The Labute approximate surface area is 128 Å². The molecule has 2 rings (SSSR count). The monoisotopic (exact) mass is 357 g/mol. The van der Waals surface area contributed by atoms with Gasteiger partial charge in [-0.25, -0.2) is 4.98 Å². The van der Waals surface area contributed by atoms with Crippen LogP contribution in [0, 0.1) is 0 Å². The van der Waals surface area contributed by atoms with Crippen LogP contribution in [0.25, 0.3) is 0 Å². The molecule has 21 heavy (non-hydrogen) atoms. The molecule has 1 aromatic carbocycles. The number of nitrogens with zero attached hydrogens (tertiary/aromatic N) is 2. The molecule has 0 aliphatic carbocycles. The smallest absolute Gasteiger partial charge is 0.261 e. The van der Waals surface area contributed by atoms with Crippen molar-refractivity contribution in [2.45, 2.75) is 13.1 Å². The number of aromatic nitrogens is 1. The Morgan fingerprint density at radius 1 is 1.14 bits per heavy atom. The summed E-state index contributed by atoms with van der Waals surface area (Å²) in [5.41, 5.74) is 3.44. The summed E-state index contributed by atoms with van der Waals surface area (Å²) in [6.45, 7) is 1.79. The van der Waals surface area contributed by atoms with Gasteiger partial charge in [-0.3, -0.25) is 5.43 Å². The lowest BCUT2D eigenvalue weighted by atomic mass is 10.1. The zero-order chi connectivity index (χ0) is 15.5. The molecular weight excluding hydrogens is 347 g/mol. The summed E-state index contributed by atoms with van der Waals surface area (Å²) in [5, 5.41) is 4.09. The molecule has 1 N–H and O–H groups in total. The highest BCUT2D eigenvalue weighted by Gasteiger charge is 2.30. The number of benzene rings is 1. The number of pyridine rings is 1.